The third-order valence-electron chi connectivity index (χ3n) is 4.11. The molecule has 1 nitrogen and oxygen atoms in total. The first-order valence-electron chi connectivity index (χ1n) is 7.03. The molecular weight excluding hydrogens is 182 g/mol. The average Bonchev–Trinajstić information content (AvgIpc) is 3.04. The van der Waals surface area contributed by atoms with Gasteiger partial charge in [0.15, 0.2) is 0 Å². The zero-order valence-electron chi connectivity index (χ0n) is 10.3. The van der Waals surface area contributed by atoms with Crippen molar-refractivity contribution in [2.24, 2.45) is 5.92 Å². The van der Waals surface area contributed by atoms with E-state index in [-0.39, 0.29) is 0 Å². The minimum atomic E-state index is 0.424. The summed E-state index contributed by atoms with van der Waals surface area (Å²) in [6.07, 6.45) is 14.1. The largest absolute Gasteiger partial charge is 0.235 e. The summed E-state index contributed by atoms with van der Waals surface area (Å²) in [7, 11) is 0. The highest BCUT2D eigenvalue weighted by Crippen LogP contribution is 2.41. The second-order valence-corrected chi connectivity index (χ2v) is 5.67. The van der Waals surface area contributed by atoms with Gasteiger partial charge in [-0.2, -0.15) is 0 Å². The van der Waals surface area contributed by atoms with Crippen LogP contribution in [0.5, 0.6) is 0 Å². The maximum Gasteiger partial charge on any atom is 0.0359 e. The van der Waals surface area contributed by atoms with Gasteiger partial charge in [-0.25, -0.2) is 5.32 Å². The van der Waals surface area contributed by atoms with Gasteiger partial charge in [0.25, 0.3) is 0 Å². The van der Waals surface area contributed by atoms with Crippen molar-refractivity contribution in [3.05, 3.63) is 0 Å². The highest BCUT2D eigenvalue weighted by Gasteiger charge is 2.37. The lowest BCUT2D eigenvalue weighted by Crippen LogP contribution is -2.39. The lowest BCUT2D eigenvalue weighted by atomic mass is 9.83. The second-order valence-electron chi connectivity index (χ2n) is 5.67. The van der Waals surface area contributed by atoms with Crippen molar-refractivity contribution in [2.45, 2.75) is 76.7 Å². The van der Waals surface area contributed by atoms with Gasteiger partial charge in [0.2, 0.25) is 0 Å². The van der Waals surface area contributed by atoms with Crippen LogP contribution >= 0.6 is 0 Å². The van der Waals surface area contributed by atoms with Gasteiger partial charge in [-0.3, -0.25) is 0 Å². The van der Waals surface area contributed by atoms with E-state index in [0.29, 0.717) is 5.54 Å². The van der Waals surface area contributed by atoms with Crippen molar-refractivity contribution in [3.8, 4) is 0 Å². The normalized spacial score (nSPS) is 32.6. The summed E-state index contributed by atoms with van der Waals surface area (Å²) in [6, 6.07) is 0. The molecule has 1 aliphatic heterocycles. The second kappa shape index (κ2) is 5.34. The van der Waals surface area contributed by atoms with Crippen molar-refractivity contribution in [3.63, 3.8) is 0 Å². The molecule has 0 bridgehead atoms. The highest BCUT2D eigenvalue weighted by molar-refractivity contribution is 4.94. The Labute approximate surface area is 95.0 Å². The molecule has 2 fully saturated rings. The van der Waals surface area contributed by atoms with Crippen LogP contribution in [0.15, 0.2) is 0 Å². The van der Waals surface area contributed by atoms with Gasteiger partial charge in [0.1, 0.15) is 0 Å². The fourth-order valence-electron chi connectivity index (χ4n) is 2.98. The Morgan fingerprint density at radius 2 is 2.07 bits per heavy atom. The Morgan fingerprint density at radius 3 is 2.80 bits per heavy atom. The van der Waals surface area contributed by atoms with Gasteiger partial charge in [-0.05, 0) is 31.6 Å². The summed E-state index contributed by atoms with van der Waals surface area (Å²) in [6.45, 7) is 3.46. The maximum atomic E-state index is 5.07. The Hall–Kier alpha value is -0.0400. The molecule has 2 rings (SSSR count). The van der Waals surface area contributed by atoms with E-state index in [2.05, 4.69) is 6.92 Å². The molecule has 15 heavy (non-hydrogen) atoms. The SMILES string of the molecule is CCCCC1(CC2CC2)CCCCC[N]1. The van der Waals surface area contributed by atoms with E-state index >= 15 is 0 Å². The fraction of sp³-hybridized carbons (Fsp3) is 1.00. The van der Waals surface area contributed by atoms with E-state index in [1.807, 2.05) is 0 Å². The number of hydrogen-bond acceptors (Lipinski definition) is 0. The van der Waals surface area contributed by atoms with E-state index in [1.165, 1.54) is 64.2 Å². The van der Waals surface area contributed by atoms with Crippen LogP contribution < -0.4 is 5.32 Å². The lowest BCUT2D eigenvalue weighted by Gasteiger charge is -2.32. The lowest BCUT2D eigenvalue weighted by molar-refractivity contribution is 0.247. The molecule has 1 atom stereocenters. The molecule has 87 valence electrons. The summed E-state index contributed by atoms with van der Waals surface area (Å²) >= 11 is 0. The third kappa shape index (κ3) is 3.48. The average molecular weight is 208 g/mol. The van der Waals surface area contributed by atoms with Crippen LogP contribution in [0.25, 0.3) is 0 Å². The van der Waals surface area contributed by atoms with Gasteiger partial charge in [-0.1, -0.05) is 45.4 Å². The first-order valence-corrected chi connectivity index (χ1v) is 7.03. The monoisotopic (exact) mass is 208 g/mol. The van der Waals surface area contributed by atoms with Gasteiger partial charge in [-0.15, -0.1) is 0 Å². The van der Waals surface area contributed by atoms with Crippen LogP contribution in [0.3, 0.4) is 0 Å². The first kappa shape index (κ1) is 11.4. The summed E-state index contributed by atoms with van der Waals surface area (Å²) in [5.74, 6) is 1.05. The van der Waals surface area contributed by atoms with E-state index in [1.54, 1.807) is 0 Å². The molecule has 0 amide bonds. The molecule has 0 spiro atoms. The molecule has 1 aliphatic carbocycles. The maximum absolute atomic E-state index is 5.07. The minimum Gasteiger partial charge on any atom is -0.235 e. The minimum absolute atomic E-state index is 0.424. The highest BCUT2D eigenvalue weighted by atomic mass is 15.0. The number of rotatable bonds is 5. The molecule has 1 heteroatoms. The zero-order valence-corrected chi connectivity index (χ0v) is 10.3. The first-order chi connectivity index (χ1) is 7.35. The quantitative estimate of drug-likeness (QED) is 0.650. The Kier molecular flexibility index (Phi) is 4.07. The zero-order chi connectivity index (χ0) is 10.6. The van der Waals surface area contributed by atoms with Gasteiger partial charge < -0.3 is 0 Å². The van der Waals surface area contributed by atoms with Crippen LogP contribution in [0.1, 0.15) is 71.1 Å². The van der Waals surface area contributed by atoms with Crippen LogP contribution in [0.4, 0.5) is 0 Å². The predicted molar refractivity (Wildman–Crippen MR) is 65.1 cm³/mol. The molecule has 2 aliphatic rings. The molecule has 1 unspecified atom stereocenters. The molecule has 0 aromatic heterocycles. The van der Waals surface area contributed by atoms with E-state index in [4.69, 9.17) is 5.32 Å². The topological polar surface area (TPSA) is 14.1 Å². The number of nitrogens with zero attached hydrogens (tertiary/aromatic N) is 1. The fourth-order valence-corrected chi connectivity index (χ4v) is 2.98. The summed E-state index contributed by atoms with van der Waals surface area (Å²) in [5.41, 5.74) is 0.424. The standard InChI is InChI=1S/C14H26N/c1-2-3-9-14(12-13-7-8-13)10-5-4-6-11-15-14/h13H,2-12H2,1H3. The van der Waals surface area contributed by atoms with Gasteiger partial charge in [0, 0.05) is 12.1 Å². The van der Waals surface area contributed by atoms with Crippen molar-refractivity contribution in [1.82, 2.24) is 5.32 Å². The molecule has 0 aromatic carbocycles. The summed E-state index contributed by atoms with van der Waals surface area (Å²) in [5, 5.41) is 5.07. The molecule has 1 saturated heterocycles. The molecule has 0 aromatic rings. The molecule has 1 heterocycles. The summed E-state index contributed by atoms with van der Waals surface area (Å²) < 4.78 is 0. The van der Waals surface area contributed by atoms with Crippen molar-refractivity contribution >= 4 is 0 Å². The van der Waals surface area contributed by atoms with Crippen LogP contribution in [-0.2, 0) is 0 Å². The van der Waals surface area contributed by atoms with Crippen LogP contribution in [0, 0.1) is 5.92 Å². The predicted octanol–water partition coefficient (Wildman–Crippen LogP) is 3.89. The molecular formula is C14H26N. The van der Waals surface area contributed by atoms with E-state index < -0.39 is 0 Å². The van der Waals surface area contributed by atoms with Crippen molar-refractivity contribution in [2.75, 3.05) is 6.54 Å². The molecule has 1 radical (unpaired) electrons. The number of unbranched alkanes of at least 4 members (excludes halogenated alkanes) is 1. The molecule has 1 saturated carbocycles. The summed E-state index contributed by atoms with van der Waals surface area (Å²) in [4.78, 5) is 0. The van der Waals surface area contributed by atoms with Gasteiger partial charge >= 0.3 is 0 Å². The number of hydrogen-bond donors (Lipinski definition) is 0. The Balaban J connectivity index is 1.90. The Bertz CT molecular complexity index is 176. The van der Waals surface area contributed by atoms with Crippen molar-refractivity contribution < 1.29 is 0 Å². The van der Waals surface area contributed by atoms with Crippen LogP contribution in [0.2, 0.25) is 0 Å². The van der Waals surface area contributed by atoms with Gasteiger partial charge in [0.05, 0.1) is 0 Å². The van der Waals surface area contributed by atoms with E-state index in [9.17, 15) is 0 Å². The smallest absolute Gasteiger partial charge is 0.0359 e. The third-order valence-corrected chi connectivity index (χ3v) is 4.11. The Morgan fingerprint density at radius 1 is 1.20 bits per heavy atom. The van der Waals surface area contributed by atoms with Crippen LogP contribution in [-0.4, -0.2) is 12.1 Å². The van der Waals surface area contributed by atoms with E-state index in [0.717, 1.165) is 12.5 Å². The molecule has 0 N–H and O–H groups in total. The van der Waals surface area contributed by atoms with Crippen molar-refractivity contribution in [1.29, 1.82) is 0 Å².